The molecule has 0 aliphatic carbocycles. The Hall–Kier alpha value is -1.48. The molecule has 0 aliphatic rings. The highest BCUT2D eigenvalue weighted by atomic mass is 35.5. The van der Waals surface area contributed by atoms with Gasteiger partial charge in [0.25, 0.3) is 0 Å². The second-order valence-electron chi connectivity index (χ2n) is 2.78. The average molecular weight is 211 g/mol. The van der Waals surface area contributed by atoms with Crippen LogP contribution in [0.15, 0.2) is 33.5 Å². The molecule has 0 spiro atoms. The van der Waals surface area contributed by atoms with Gasteiger partial charge in [-0.3, -0.25) is 0 Å². The maximum Gasteiger partial charge on any atom is 0.337 e. The Bertz CT molecular complexity index is 530. The first kappa shape index (κ1) is 9.09. The number of methoxy groups -OCH3 is 1. The van der Waals surface area contributed by atoms with Crippen molar-refractivity contribution in [3.63, 3.8) is 0 Å². The summed E-state index contributed by atoms with van der Waals surface area (Å²) in [5, 5.41) is 1.09. The number of halogens is 1. The molecule has 14 heavy (non-hydrogen) atoms. The van der Waals surface area contributed by atoms with Gasteiger partial charge in [-0.1, -0.05) is 11.6 Å². The van der Waals surface area contributed by atoms with Crippen molar-refractivity contribution in [1.29, 1.82) is 0 Å². The molecule has 0 N–H and O–H groups in total. The zero-order valence-electron chi connectivity index (χ0n) is 7.41. The summed E-state index contributed by atoms with van der Waals surface area (Å²) in [4.78, 5) is 11.0. The molecule has 0 saturated carbocycles. The first-order valence-electron chi connectivity index (χ1n) is 3.98. The van der Waals surface area contributed by atoms with Crippen molar-refractivity contribution in [2.75, 3.05) is 7.11 Å². The molecule has 0 unspecified atom stereocenters. The molecule has 0 radical (unpaired) electrons. The SMILES string of the molecule is COc1ccc2c(Cl)cc(=O)oc2c1. The van der Waals surface area contributed by atoms with Crippen LogP contribution in [0.2, 0.25) is 5.02 Å². The molecule has 2 rings (SSSR count). The molecule has 1 heterocycles. The molecule has 0 atom stereocenters. The van der Waals surface area contributed by atoms with Crippen LogP contribution in [0.5, 0.6) is 5.75 Å². The normalized spacial score (nSPS) is 10.4. The molecule has 2 aromatic rings. The molecule has 0 aliphatic heterocycles. The second-order valence-corrected chi connectivity index (χ2v) is 3.18. The lowest BCUT2D eigenvalue weighted by atomic mass is 10.2. The predicted molar refractivity (Wildman–Crippen MR) is 54.0 cm³/mol. The van der Waals surface area contributed by atoms with Crippen LogP contribution in [0.1, 0.15) is 0 Å². The number of hydrogen-bond acceptors (Lipinski definition) is 3. The summed E-state index contributed by atoms with van der Waals surface area (Å²) in [5.74, 6) is 0.628. The molecule has 0 fully saturated rings. The van der Waals surface area contributed by atoms with Gasteiger partial charge in [0.2, 0.25) is 0 Å². The largest absolute Gasteiger partial charge is 0.497 e. The van der Waals surface area contributed by atoms with E-state index in [0.29, 0.717) is 21.7 Å². The Morgan fingerprint density at radius 2 is 2.14 bits per heavy atom. The summed E-state index contributed by atoms with van der Waals surface area (Å²) in [6.07, 6.45) is 0. The number of ether oxygens (including phenoxy) is 1. The predicted octanol–water partition coefficient (Wildman–Crippen LogP) is 2.46. The van der Waals surface area contributed by atoms with E-state index in [2.05, 4.69) is 0 Å². The second kappa shape index (κ2) is 3.35. The average Bonchev–Trinajstić information content (AvgIpc) is 2.16. The van der Waals surface area contributed by atoms with Crippen LogP contribution < -0.4 is 10.4 Å². The smallest absolute Gasteiger partial charge is 0.337 e. The summed E-state index contributed by atoms with van der Waals surface area (Å²) in [5.41, 5.74) is -0.0300. The van der Waals surface area contributed by atoms with Crippen LogP contribution in [0.4, 0.5) is 0 Å². The van der Waals surface area contributed by atoms with Gasteiger partial charge < -0.3 is 9.15 Å². The van der Waals surface area contributed by atoms with E-state index in [1.54, 1.807) is 25.3 Å². The fourth-order valence-corrected chi connectivity index (χ4v) is 1.48. The van der Waals surface area contributed by atoms with E-state index in [4.69, 9.17) is 20.8 Å². The van der Waals surface area contributed by atoms with E-state index in [9.17, 15) is 4.79 Å². The Balaban J connectivity index is 2.82. The third kappa shape index (κ3) is 1.46. The third-order valence-electron chi connectivity index (χ3n) is 1.90. The van der Waals surface area contributed by atoms with Crippen LogP contribution in [0.3, 0.4) is 0 Å². The number of fused-ring (bicyclic) bond motifs is 1. The number of benzene rings is 1. The van der Waals surface area contributed by atoms with E-state index in [0.717, 1.165) is 0 Å². The van der Waals surface area contributed by atoms with Crippen molar-refractivity contribution < 1.29 is 9.15 Å². The van der Waals surface area contributed by atoms with E-state index >= 15 is 0 Å². The molecular formula is C10H7ClO3. The van der Waals surface area contributed by atoms with Crippen molar-refractivity contribution in [2.45, 2.75) is 0 Å². The van der Waals surface area contributed by atoms with Crippen molar-refractivity contribution in [3.8, 4) is 5.75 Å². The summed E-state index contributed by atoms with van der Waals surface area (Å²) in [6, 6.07) is 6.38. The molecule has 72 valence electrons. The Kier molecular flexibility index (Phi) is 2.17. The molecule has 0 bridgehead atoms. The highest BCUT2D eigenvalue weighted by Crippen LogP contribution is 2.24. The third-order valence-corrected chi connectivity index (χ3v) is 2.21. The maximum atomic E-state index is 11.0. The fourth-order valence-electron chi connectivity index (χ4n) is 1.23. The van der Waals surface area contributed by atoms with Crippen LogP contribution >= 0.6 is 11.6 Å². The topological polar surface area (TPSA) is 39.4 Å². The van der Waals surface area contributed by atoms with E-state index in [1.807, 2.05) is 0 Å². The minimum Gasteiger partial charge on any atom is -0.497 e. The van der Waals surface area contributed by atoms with Crippen molar-refractivity contribution in [3.05, 3.63) is 39.7 Å². The summed E-state index contributed by atoms with van der Waals surface area (Å²) in [6.45, 7) is 0. The van der Waals surface area contributed by atoms with Gasteiger partial charge in [0.1, 0.15) is 11.3 Å². The van der Waals surface area contributed by atoms with Gasteiger partial charge in [-0.15, -0.1) is 0 Å². The van der Waals surface area contributed by atoms with Crippen LogP contribution in [0.25, 0.3) is 11.0 Å². The molecule has 1 aromatic carbocycles. The molecule has 0 amide bonds. The van der Waals surface area contributed by atoms with Gasteiger partial charge >= 0.3 is 5.63 Å². The van der Waals surface area contributed by atoms with Crippen molar-refractivity contribution >= 4 is 22.6 Å². The summed E-state index contributed by atoms with van der Waals surface area (Å²) < 4.78 is 9.96. The van der Waals surface area contributed by atoms with E-state index in [1.165, 1.54) is 6.07 Å². The highest BCUT2D eigenvalue weighted by Gasteiger charge is 2.04. The van der Waals surface area contributed by atoms with Gasteiger partial charge in [-0.25, -0.2) is 4.79 Å². The Morgan fingerprint density at radius 1 is 1.36 bits per heavy atom. The Morgan fingerprint density at radius 3 is 2.86 bits per heavy atom. The highest BCUT2D eigenvalue weighted by molar-refractivity contribution is 6.35. The lowest BCUT2D eigenvalue weighted by molar-refractivity contribution is 0.414. The minimum absolute atomic E-state index is 0.388. The van der Waals surface area contributed by atoms with Gasteiger partial charge in [0.05, 0.1) is 12.1 Å². The monoisotopic (exact) mass is 210 g/mol. The van der Waals surface area contributed by atoms with E-state index < -0.39 is 5.63 Å². The van der Waals surface area contributed by atoms with Crippen LogP contribution in [-0.4, -0.2) is 7.11 Å². The van der Waals surface area contributed by atoms with Gasteiger partial charge in [-0.2, -0.15) is 0 Å². The summed E-state index contributed by atoms with van der Waals surface area (Å²) in [7, 11) is 1.55. The molecule has 1 aromatic heterocycles. The zero-order chi connectivity index (χ0) is 10.1. The lowest BCUT2D eigenvalue weighted by Crippen LogP contribution is -1.96. The minimum atomic E-state index is -0.462. The van der Waals surface area contributed by atoms with Gasteiger partial charge in [0.15, 0.2) is 0 Å². The lowest BCUT2D eigenvalue weighted by Gasteiger charge is -2.01. The van der Waals surface area contributed by atoms with Crippen LogP contribution in [0, 0.1) is 0 Å². The fraction of sp³-hybridized carbons (Fsp3) is 0.100. The Labute approximate surface area is 84.9 Å². The molecule has 3 nitrogen and oxygen atoms in total. The standard InChI is InChI=1S/C10H7ClO3/c1-13-6-2-3-7-8(11)5-10(12)14-9(7)4-6/h2-5H,1H3. The first-order valence-corrected chi connectivity index (χ1v) is 4.36. The zero-order valence-corrected chi connectivity index (χ0v) is 8.17. The maximum absolute atomic E-state index is 11.0. The van der Waals surface area contributed by atoms with Crippen molar-refractivity contribution in [2.24, 2.45) is 0 Å². The number of hydrogen-bond donors (Lipinski definition) is 0. The molecular weight excluding hydrogens is 204 g/mol. The van der Waals surface area contributed by atoms with Crippen molar-refractivity contribution in [1.82, 2.24) is 0 Å². The number of rotatable bonds is 1. The summed E-state index contributed by atoms with van der Waals surface area (Å²) >= 11 is 5.86. The van der Waals surface area contributed by atoms with Crippen LogP contribution in [-0.2, 0) is 0 Å². The molecule has 4 heteroatoms. The van der Waals surface area contributed by atoms with Gasteiger partial charge in [-0.05, 0) is 12.1 Å². The van der Waals surface area contributed by atoms with Gasteiger partial charge in [0, 0.05) is 17.5 Å². The quantitative estimate of drug-likeness (QED) is 0.679. The first-order chi connectivity index (χ1) is 6.70. The molecule has 0 saturated heterocycles. The van der Waals surface area contributed by atoms with E-state index in [-0.39, 0.29) is 0 Å².